The number of ether oxygens (including phenoxy) is 1. The van der Waals surface area contributed by atoms with Crippen molar-refractivity contribution in [2.45, 2.75) is 19.8 Å². The van der Waals surface area contributed by atoms with E-state index in [-0.39, 0.29) is 0 Å². The molecule has 0 bridgehead atoms. The molecular weight excluding hydrogens is 304 g/mol. The average Bonchev–Trinajstić information content (AvgIpc) is 2.66. The fourth-order valence-corrected chi connectivity index (χ4v) is 2.93. The van der Waals surface area contributed by atoms with E-state index in [0.29, 0.717) is 6.61 Å². The summed E-state index contributed by atoms with van der Waals surface area (Å²) in [6.45, 7) is 6.28. The van der Waals surface area contributed by atoms with Crippen LogP contribution in [0.1, 0.15) is 18.9 Å². The largest absolute Gasteiger partial charge is 0.490 e. The van der Waals surface area contributed by atoms with E-state index >= 15 is 0 Å². The molecule has 0 aliphatic heterocycles. The topological polar surface area (TPSA) is 9.23 Å². The van der Waals surface area contributed by atoms with Crippen LogP contribution in [0.4, 0.5) is 0 Å². The second-order valence-corrected chi connectivity index (χ2v) is 6.13. The zero-order chi connectivity index (χ0) is 17.5. The molecule has 1 heteroatoms. The van der Waals surface area contributed by atoms with Crippen LogP contribution in [0, 0.1) is 0 Å². The zero-order valence-electron chi connectivity index (χ0n) is 14.7. The van der Waals surface area contributed by atoms with Crippen LogP contribution in [0.15, 0.2) is 85.5 Å². The van der Waals surface area contributed by atoms with Gasteiger partial charge in [0.2, 0.25) is 0 Å². The first-order valence-electron chi connectivity index (χ1n) is 8.78. The monoisotopic (exact) mass is 328 g/mol. The van der Waals surface area contributed by atoms with E-state index in [1.807, 2.05) is 6.07 Å². The van der Waals surface area contributed by atoms with Gasteiger partial charge in [0.1, 0.15) is 12.4 Å². The van der Waals surface area contributed by atoms with Crippen LogP contribution in [0.25, 0.3) is 21.9 Å². The summed E-state index contributed by atoms with van der Waals surface area (Å²) in [5.41, 5.74) is 3.88. The molecule has 0 atom stereocenters. The maximum atomic E-state index is 5.61. The molecule has 0 N–H and O–H groups in total. The molecule has 0 aromatic heterocycles. The molecule has 0 saturated carbocycles. The first kappa shape index (κ1) is 17.0. The predicted molar refractivity (Wildman–Crippen MR) is 108 cm³/mol. The molecule has 3 aromatic rings. The standard InChI is InChI=1S/C24H24O/c1-3-5-6-7-19-8-10-20(11-9-19)21-12-13-23-18-24(25-16-4-2)15-14-22(23)17-21/h3-5,8-15,17-18H,2,6-7,16H2,1H3/b5-3+. The normalized spacial score (nSPS) is 11.1. The third-order valence-electron chi connectivity index (χ3n) is 4.30. The number of hydrogen-bond acceptors (Lipinski definition) is 1. The molecule has 3 rings (SSSR count). The SMILES string of the molecule is C=CCOc1ccc2cc(-c3ccc(CC/C=C/C)cc3)ccc2c1. The number of allylic oxidation sites excluding steroid dienone is 2. The third-order valence-corrected chi connectivity index (χ3v) is 4.30. The minimum Gasteiger partial charge on any atom is -0.490 e. The molecule has 0 aliphatic rings. The molecule has 0 unspecified atom stereocenters. The summed E-state index contributed by atoms with van der Waals surface area (Å²) in [4.78, 5) is 0. The highest BCUT2D eigenvalue weighted by molar-refractivity contribution is 5.88. The van der Waals surface area contributed by atoms with E-state index in [9.17, 15) is 0 Å². The molecule has 0 radical (unpaired) electrons. The summed E-state index contributed by atoms with van der Waals surface area (Å²) in [6.07, 6.45) is 8.27. The second kappa shape index (κ2) is 8.34. The highest BCUT2D eigenvalue weighted by atomic mass is 16.5. The van der Waals surface area contributed by atoms with Crippen molar-refractivity contribution in [3.05, 3.63) is 91.0 Å². The van der Waals surface area contributed by atoms with E-state index in [2.05, 4.69) is 80.3 Å². The Morgan fingerprint density at radius 1 is 0.880 bits per heavy atom. The van der Waals surface area contributed by atoms with Gasteiger partial charge in [-0.2, -0.15) is 0 Å². The van der Waals surface area contributed by atoms with Crippen molar-refractivity contribution in [2.24, 2.45) is 0 Å². The summed E-state index contributed by atoms with van der Waals surface area (Å²) >= 11 is 0. The number of benzene rings is 3. The van der Waals surface area contributed by atoms with Crippen molar-refractivity contribution in [1.82, 2.24) is 0 Å². The van der Waals surface area contributed by atoms with Crippen molar-refractivity contribution in [3.8, 4) is 16.9 Å². The predicted octanol–water partition coefficient (Wildman–Crippen LogP) is 6.58. The van der Waals surface area contributed by atoms with Gasteiger partial charge in [0.05, 0.1) is 0 Å². The van der Waals surface area contributed by atoms with Crippen LogP contribution < -0.4 is 4.74 Å². The fourth-order valence-electron chi connectivity index (χ4n) is 2.93. The number of fused-ring (bicyclic) bond motifs is 1. The van der Waals surface area contributed by atoms with Gasteiger partial charge in [-0.15, -0.1) is 0 Å². The summed E-state index contributed by atoms with van der Waals surface area (Å²) in [5.74, 6) is 0.880. The molecule has 3 aromatic carbocycles. The Hall–Kier alpha value is -2.80. The highest BCUT2D eigenvalue weighted by Gasteiger charge is 2.02. The highest BCUT2D eigenvalue weighted by Crippen LogP contribution is 2.27. The van der Waals surface area contributed by atoms with E-state index in [1.165, 1.54) is 27.5 Å². The van der Waals surface area contributed by atoms with Crippen LogP contribution in [0.3, 0.4) is 0 Å². The quantitative estimate of drug-likeness (QED) is 0.445. The first-order valence-corrected chi connectivity index (χ1v) is 8.78. The third kappa shape index (κ3) is 4.39. The second-order valence-electron chi connectivity index (χ2n) is 6.13. The van der Waals surface area contributed by atoms with Gasteiger partial charge in [0, 0.05) is 0 Å². The molecule has 25 heavy (non-hydrogen) atoms. The molecule has 0 fully saturated rings. The van der Waals surface area contributed by atoms with Crippen LogP contribution >= 0.6 is 0 Å². The molecule has 0 amide bonds. The van der Waals surface area contributed by atoms with Crippen LogP contribution in [-0.4, -0.2) is 6.61 Å². The number of hydrogen-bond donors (Lipinski definition) is 0. The van der Waals surface area contributed by atoms with Gasteiger partial charge >= 0.3 is 0 Å². The van der Waals surface area contributed by atoms with Gasteiger partial charge < -0.3 is 4.74 Å². The van der Waals surface area contributed by atoms with Crippen LogP contribution in [-0.2, 0) is 6.42 Å². The Bertz CT molecular complexity index is 872. The van der Waals surface area contributed by atoms with Crippen molar-refractivity contribution in [2.75, 3.05) is 6.61 Å². The fraction of sp³-hybridized carbons (Fsp3) is 0.167. The Labute approximate surface area is 150 Å². The van der Waals surface area contributed by atoms with Crippen molar-refractivity contribution in [3.63, 3.8) is 0 Å². The molecular formula is C24H24O. The minimum atomic E-state index is 0.532. The zero-order valence-corrected chi connectivity index (χ0v) is 14.7. The van der Waals surface area contributed by atoms with Crippen molar-refractivity contribution >= 4 is 10.8 Å². The van der Waals surface area contributed by atoms with Gasteiger partial charge in [-0.25, -0.2) is 0 Å². The summed E-state index contributed by atoms with van der Waals surface area (Å²) in [6, 6.07) is 21.7. The molecule has 0 aliphatic carbocycles. The minimum absolute atomic E-state index is 0.532. The van der Waals surface area contributed by atoms with Gasteiger partial charge in [-0.05, 0) is 65.4 Å². The molecule has 1 nitrogen and oxygen atoms in total. The van der Waals surface area contributed by atoms with E-state index in [1.54, 1.807) is 6.08 Å². The number of aryl methyl sites for hydroxylation is 1. The van der Waals surface area contributed by atoms with Gasteiger partial charge in [0.25, 0.3) is 0 Å². The molecule has 126 valence electrons. The number of rotatable bonds is 7. The lowest BCUT2D eigenvalue weighted by Gasteiger charge is -2.08. The van der Waals surface area contributed by atoms with E-state index in [4.69, 9.17) is 4.74 Å². The Balaban J connectivity index is 1.80. The summed E-state index contributed by atoms with van der Waals surface area (Å²) in [5, 5.41) is 2.41. The van der Waals surface area contributed by atoms with E-state index < -0.39 is 0 Å². The molecule has 0 saturated heterocycles. The smallest absolute Gasteiger partial charge is 0.120 e. The van der Waals surface area contributed by atoms with Gasteiger partial charge in [-0.1, -0.05) is 67.3 Å². The maximum Gasteiger partial charge on any atom is 0.120 e. The lowest BCUT2D eigenvalue weighted by molar-refractivity contribution is 0.364. The Kier molecular flexibility index (Phi) is 5.69. The van der Waals surface area contributed by atoms with Crippen LogP contribution in [0.2, 0.25) is 0 Å². The van der Waals surface area contributed by atoms with Crippen molar-refractivity contribution in [1.29, 1.82) is 0 Å². The van der Waals surface area contributed by atoms with Gasteiger partial charge in [-0.3, -0.25) is 0 Å². The summed E-state index contributed by atoms with van der Waals surface area (Å²) < 4.78 is 5.61. The maximum absolute atomic E-state index is 5.61. The first-order chi connectivity index (χ1) is 12.3. The summed E-state index contributed by atoms with van der Waals surface area (Å²) in [7, 11) is 0. The van der Waals surface area contributed by atoms with Crippen molar-refractivity contribution < 1.29 is 4.74 Å². The average molecular weight is 328 g/mol. The lowest BCUT2D eigenvalue weighted by Crippen LogP contribution is -1.92. The molecule has 0 spiro atoms. The Morgan fingerprint density at radius 2 is 1.60 bits per heavy atom. The van der Waals surface area contributed by atoms with E-state index in [0.717, 1.165) is 18.6 Å². The lowest BCUT2D eigenvalue weighted by atomic mass is 9.99. The van der Waals surface area contributed by atoms with Gasteiger partial charge in [0.15, 0.2) is 0 Å². The molecule has 0 heterocycles. The Morgan fingerprint density at radius 3 is 2.36 bits per heavy atom. The van der Waals surface area contributed by atoms with Crippen LogP contribution in [0.5, 0.6) is 5.75 Å².